The quantitative estimate of drug-likeness (QED) is 0.313. The van der Waals surface area contributed by atoms with Gasteiger partial charge in [-0.1, -0.05) is 36.4 Å². The molecule has 0 aliphatic heterocycles. The van der Waals surface area contributed by atoms with Crippen molar-refractivity contribution in [3.05, 3.63) is 83.2 Å². The molecule has 3 aromatic heterocycles. The van der Waals surface area contributed by atoms with E-state index in [-0.39, 0.29) is 5.56 Å². The number of hydrogen-bond acceptors (Lipinski definition) is 3. The lowest BCUT2D eigenvalue weighted by Gasteiger charge is -2.10. The fourth-order valence-electron chi connectivity index (χ4n) is 3.76. The summed E-state index contributed by atoms with van der Waals surface area (Å²) in [5, 5.41) is 1.51. The first-order valence-corrected chi connectivity index (χ1v) is 8.42. The Hall–Kier alpha value is -3.73. The first kappa shape index (κ1) is 13.5. The van der Waals surface area contributed by atoms with Gasteiger partial charge in [0.25, 0.3) is 5.56 Å². The average Bonchev–Trinajstić information content (AvgIpc) is 3.08. The minimum atomic E-state index is -0.100. The Balaban J connectivity index is 2.07. The minimum Gasteiger partial charge on any atom is -0.277 e. The molecule has 5 nitrogen and oxygen atoms in total. The van der Waals surface area contributed by atoms with E-state index in [4.69, 9.17) is 9.97 Å². The van der Waals surface area contributed by atoms with Crippen LogP contribution in [0.4, 0.5) is 0 Å². The van der Waals surface area contributed by atoms with Crippen molar-refractivity contribution >= 4 is 44.3 Å². The molecular formula is C21H12N4O. The smallest absolute Gasteiger partial charge is 0.268 e. The van der Waals surface area contributed by atoms with Crippen LogP contribution in [0.1, 0.15) is 0 Å². The van der Waals surface area contributed by atoms with E-state index in [1.165, 1.54) is 0 Å². The molecule has 0 N–H and O–H groups in total. The fourth-order valence-corrected chi connectivity index (χ4v) is 3.76. The van der Waals surface area contributed by atoms with Crippen LogP contribution in [-0.2, 0) is 0 Å². The Morgan fingerprint density at radius 1 is 0.615 bits per heavy atom. The van der Waals surface area contributed by atoms with E-state index in [1.54, 1.807) is 4.40 Å². The monoisotopic (exact) mass is 336 g/mol. The molecule has 26 heavy (non-hydrogen) atoms. The first-order chi connectivity index (χ1) is 12.8. The van der Waals surface area contributed by atoms with Gasteiger partial charge >= 0.3 is 0 Å². The highest BCUT2D eigenvalue weighted by atomic mass is 16.1. The van der Waals surface area contributed by atoms with Crippen LogP contribution in [-0.4, -0.2) is 18.8 Å². The van der Waals surface area contributed by atoms with Crippen LogP contribution in [0, 0.1) is 0 Å². The van der Waals surface area contributed by atoms with Gasteiger partial charge in [0.1, 0.15) is 0 Å². The summed E-state index contributed by atoms with van der Waals surface area (Å²) in [5.74, 6) is 0.586. The zero-order chi connectivity index (χ0) is 17.3. The lowest BCUT2D eigenvalue weighted by atomic mass is 10.2. The van der Waals surface area contributed by atoms with E-state index < -0.39 is 0 Å². The molecule has 6 rings (SSSR count). The van der Waals surface area contributed by atoms with E-state index >= 15 is 0 Å². The summed E-state index contributed by atoms with van der Waals surface area (Å²) in [6.45, 7) is 0. The van der Waals surface area contributed by atoms with E-state index in [0.29, 0.717) is 22.3 Å². The van der Waals surface area contributed by atoms with Crippen molar-refractivity contribution in [1.82, 2.24) is 18.8 Å². The first-order valence-electron chi connectivity index (χ1n) is 8.42. The summed E-state index contributed by atoms with van der Waals surface area (Å²) >= 11 is 0. The van der Waals surface area contributed by atoms with Crippen LogP contribution in [0.15, 0.2) is 77.6 Å². The molecule has 0 aliphatic carbocycles. The highest BCUT2D eigenvalue weighted by molar-refractivity contribution is 5.99. The van der Waals surface area contributed by atoms with Gasteiger partial charge in [0.15, 0.2) is 5.65 Å². The van der Waals surface area contributed by atoms with E-state index in [9.17, 15) is 4.79 Å². The average molecular weight is 336 g/mol. The van der Waals surface area contributed by atoms with Crippen LogP contribution in [0.3, 0.4) is 0 Å². The van der Waals surface area contributed by atoms with Crippen LogP contribution >= 0.6 is 0 Å². The highest BCUT2D eigenvalue weighted by Crippen LogP contribution is 2.26. The molecule has 0 fully saturated rings. The number of fused-ring (bicyclic) bond motifs is 9. The molecule has 0 spiro atoms. The lowest BCUT2D eigenvalue weighted by Crippen LogP contribution is -2.18. The van der Waals surface area contributed by atoms with Crippen molar-refractivity contribution < 1.29 is 0 Å². The van der Waals surface area contributed by atoms with Gasteiger partial charge in [-0.05, 0) is 36.4 Å². The van der Waals surface area contributed by atoms with Crippen molar-refractivity contribution in [3.8, 4) is 0 Å². The lowest BCUT2D eigenvalue weighted by molar-refractivity contribution is 1.05. The predicted octanol–water partition coefficient (Wildman–Crippen LogP) is 3.80. The molecular weight excluding hydrogens is 324 g/mol. The molecule has 0 bridgehead atoms. The second-order valence-corrected chi connectivity index (χ2v) is 6.35. The van der Waals surface area contributed by atoms with Gasteiger partial charge in [-0.3, -0.25) is 9.20 Å². The summed E-state index contributed by atoms with van der Waals surface area (Å²) in [6.07, 6.45) is 0. The van der Waals surface area contributed by atoms with Gasteiger partial charge in [-0.15, -0.1) is 0 Å². The number of nitrogens with zero attached hydrogens (tertiary/aromatic N) is 4. The Morgan fingerprint density at radius 3 is 2.12 bits per heavy atom. The molecule has 0 saturated carbocycles. The molecule has 0 aliphatic rings. The third-order valence-corrected chi connectivity index (χ3v) is 4.90. The number of imidazole rings is 1. The zero-order valence-electron chi connectivity index (χ0n) is 13.6. The highest BCUT2D eigenvalue weighted by Gasteiger charge is 2.16. The summed E-state index contributed by atoms with van der Waals surface area (Å²) < 4.78 is 3.67. The van der Waals surface area contributed by atoms with E-state index in [0.717, 1.165) is 21.9 Å². The molecule has 3 heterocycles. The largest absolute Gasteiger partial charge is 0.277 e. The maximum atomic E-state index is 13.3. The second-order valence-electron chi connectivity index (χ2n) is 6.35. The number of aromatic nitrogens is 4. The topological polar surface area (TPSA) is 51.7 Å². The molecule has 0 unspecified atom stereocenters. The van der Waals surface area contributed by atoms with E-state index in [1.807, 2.05) is 77.2 Å². The van der Waals surface area contributed by atoms with Gasteiger partial charge < -0.3 is 0 Å². The third kappa shape index (κ3) is 1.57. The summed E-state index contributed by atoms with van der Waals surface area (Å²) in [7, 11) is 0. The molecule has 6 aromatic rings. The standard InChI is InChI=1S/C21H12N4O/c26-20-13-7-1-3-9-15(13)22-19-14-8-2-5-11-17(14)24-18-12-6-4-10-16(18)23-21(24)25(19)20/h1-12H. The van der Waals surface area contributed by atoms with Crippen molar-refractivity contribution in [2.45, 2.75) is 0 Å². The fraction of sp³-hybridized carbons (Fsp3) is 0. The molecule has 0 atom stereocenters. The van der Waals surface area contributed by atoms with Gasteiger partial charge in [-0.2, -0.15) is 0 Å². The molecule has 3 aromatic carbocycles. The van der Waals surface area contributed by atoms with Crippen molar-refractivity contribution in [2.75, 3.05) is 0 Å². The Bertz CT molecular complexity index is 1560. The van der Waals surface area contributed by atoms with Crippen LogP contribution in [0.5, 0.6) is 0 Å². The molecule has 0 amide bonds. The number of para-hydroxylation sites is 4. The maximum Gasteiger partial charge on any atom is 0.268 e. The Kier molecular flexibility index (Phi) is 2.43. The van der Waals surface area contributed by atoms with Crippen LogP contribution in [0.2, 0.25) is 0 Å². The molecule has 0 radical (unpaired) electrons. The summed E-state index contributed by atoms with van der Waals surface area (Å²) in [5.41, 5.74) is 4.04. The SMILES string of the molecule is O=c1c2ccccc2nc2c3ccccc3n3c4ccccc4nc3n12. The van der Waals surface area contributed by atoms with Crippen molar-refractivity contribution in [3.63, 3.8) is 0 Å². The van der Waals surface area contributed by atoms with Crippen molar-refractivity contribution in [1.29, 1.82) is 0 Å². The van der Waals surface area contributed by atoms with Gasteiger partial charge in [0.2, 0.25) is 5.78 Å². The molecule has 122 valence electrons. The Morgan fingerprint density at radius 2 is 1.27 bits per heavy atom. The number of benzene rings is 3. The van der Waals surface area contributed by atoms with Gasteiger partial charge in [0.05, 0.1) is 27.5 Å². The van der Waals surface area contributed by atoms with Gasteiger partial charge in [0, 0.05) is 5.39 Å². The zero-order valence-corrected chi connectivity index (χ0v) is 13.6. The minimum absolute atomic E-state index is 0.100. The number of hydrogen-bond donors (Lipinski definition) is 0. The maximum absolute atomic E-state index is 13.3. The van der Waals surface area contributed by atoms with Crippen molar-refractivity contribution in [2.24, 2.45) is 0 Å². The number of rotatable bonds is 0. The predicted molar refractivity (Wildman–Crippen MR) is 103 cm³/mol. The summed E-state index contributed by atoms with van der Waals surface area (Å²) in [4.78, 5) is 22.8. The second kappa shape index (κ2) is 4.67. The molecule has 0 saturated heterocycles. The van der Waals surface area contributed by atoms with E-state index in [2.05, 4.69) is 0 Å². The molecule has 5 heteroatoms. The van der Waals surface area contributed by atoms with Crippen LogP contribution in [0.25, 0.3) is 44.3 Å². The Labute approximate surface area is 146 Å². The normalized spacial score (nSPS) is 12.0. The van der Waals surface area contributed by atoms with Crippen LogP contribution < -0.4 is 5.56 Å². The third-order valence-electron chi connectivity index (χ3n) is 4.90. The summed E-state index contributed by atoms with van der Waals surface area (Å²) in [6, 6.07) is 23.4. The van der Waals surface area contributed by atoms with Gasteiger partial charge in [-0.25, -0.2) is 14.4 Å².